The minimum Gasteiger partial charge on any atom is -0.481 e. The Bertz CT molecular complexity index is 370. The van der Waals surface area contributed by atoms with Gasteiger partial charge in [-0.3, -0.25) is 9.59 Å². The van der Waals surface area contributed by atoms with E-state index in [4.69, 9.17) is 9.84 Å². The van der Waals surface area contributed by atoms with Crippen LogP contribution in [0.15, 0.2) is 0 Å². The van der Waals surface area contributed by atoms with E-state index in [9.17, 15) is 9.59 Å². The second kappa shape index (κ2) is 5.49. The molecule has 0 aromatic heterocycles. The third-order valence-corrected chi connectivity index (χ3v) is 4.59. The highest BCUT2D eigenvalue weighted by molar-refractivity contribution is 5.81. The molecule has 1 aliphatic carbocycles. The van der Waals surface area contributed by atoms with Crippen LogP contribution >= 0.6 is 0 Å². The molecule has 2 rings (SSSR count). The molecule has 5 nitrogen and oxygen atoms in total. The number of carbonyl (C=O) groups is 2. The lowest BCUT2D eigenvalue weighted by molar-refractivity contribution is -0.144. The Morgan fingerprint density at radius 1 is 1.32 bits per heavy atom. The molecule has 0 bridgehead atoms. The Morgan fingerprint density at radius 3 is 2.58 bits per heavy atom. The van der Waals surface area contributed by atoms with E-state index in [1.54, 1.807) is 7.11 Å². The second-order valence-electron chi connectivity index (χ2n) is 6.06. The first kappa shape index (κ1) is 14.3. The lowest BCUT2D eigenvalue weighted by atomic mass is 9.93. The fourth-order valence-corrected chi connectivity index (χ4v) is 3.25. The zero-order valence-corrected chi connectivity index (χ0v) is 11.7. The van der Waals surface area contributed by atoms with Gasteiger partial charge >= 0.3 is 5.97 Å². The Hall–Kier alpha value is -1.10. The van der Waals surface area contributed by atoms with Gasteiger partial charge in [-0.15, -0.1) is 0 Å². The molecule has 1 saturated carbocycles. The van der Waals surface area contributed by atoms with Gasteiger partial charge in [0.25, 0.3) is 0 Å². The first-order valence-corrected chi connectivity index (χ1v) is 7.02. The van der Waals surface area contributed by atoms with E-state index in [-0.39, 0.29) is 23.3 Å². The predicted octanol–water partition coefficient (Wildman–Crippen LogP) is 1.51. The zero-order chi connectivity index (χ0) is 14.0. The van der Waals surface area contributed by atoms with Gasteiger partial charge in [0.15, 0.2) is 0 Å². The summed E-state index contributed by atoms with van der Waals surface area (Å²) in [6.45, 7) is 3.42. The quantitative estimate of drug-likeness (QED) is 0.843. The summed E-state index contributed by atoms with van der Waals surface area (Å²) in [4.78, 5) is 25.3. The Morgan fingerprint density at radius 2 is 2.00 bits per heavy atom. The topological polar surface area (TPSA) is 66.8 Å². The molecule has 0 aromatic carbocycles. The maximum absolute atomic E-state index is 12.4. The van der Waals surface area contributed by atoms with E-state index < -0.39 is 5.97 Å². The first-order valence-electron chi connectivity index (χ1n) is 7.02. The standard InChI is InChI=1S/C14H23NO4/c1-14(19-2)6-3-7-15(9-14)12(16)10-4-5-11(8-10)13(17)18/h10-11H,3-9H2,1-2H3,(H,17,18). The zero-order valence-electron chi connectivity index (χ0n) is 11.7. The van der Waals surface area contributed by atoms with Crippen molar-refractivity contribution in [2.75, 3.05) is 20.2 Å². The molecule has 19 heavy (non-hydrogen) atoms. The van der Waals surface area contributed by atoms with Crippen LogP contribution in [-0.2, 0) is 14.3 Å². The van der Waals surface area contributed by atoms with Crippen LogP contribution in [0.1, 0.15) is 39.0 Å². The highest BCUT2D eigenvalue weighted by Crippen LogP contribution is 2.34. The van der Waals surface area contributed by atoms with Crippen molar-refractivity contribution in [1.29, 1.82) is 0 Å². The number of likely N-dealkylation sites (tertiary alicyclic amines) is 1. The summed E-state index contributed by atoms with van der Waals surface area (Å²) in [7, 11) is 1.68. The minimum atomic E-state index is -0.768. The highest BCUT2D eigenvalue weighted by Gasteiger charge is 2.39. The van der Waals surface area contributed by atoms with Crippen LogP contribution in [0, 0.1) is 11.8 Å². The molecule has 1 amide bonds. The smallest absolute Gasteiger partial charge is 0.306 e. The average molecular weight is 269 g/mol. The summed E-state index contributed by atoms with van der Waals surface area (Å²) < 4.78 is 5.49. The molecule has 3 unspecified atom stereocenters. The molecular formula is C14H23NO4. The lowest BCUT2D eigenvalue weighted by Crippen LogP contribution is -2.51. The number of methoxy groups -OCH3 is 1. The molecule has 3 atom stereocenters. The van der Waals surface area contributed by atoms with Crippen LogP contribution < -0.4 is 0 Å². The summed E-state index contributed by atoms with van der Waals surface area (Å²) in [6.07, 6.45) is 3.74. The molecule has 1 saturated heterocycles. The van der Waals surface area contributed by atoms with Gasteiger partial charge in [-0.25, -0.2) is 0 Å². The number of carboxylic acids is 1. The van der Waals surface area contributed by atoms with E-state index in [1.807, 2.05) is 11.8 Å². The van der Waals surface area contributed by atoms with Crippen LogP contribution in [-0.4, -0.2) is 47.7 Å². The highest BCUT2D eigenvalue weighted by atomic mass is 16.5. The summed E-state index contributed by atoms with van der Waals surface area (Å²) in [5.41, 5.74) is -0.251. The molecule has 1 N–H and O–H groups in total. The van der Waals surface area contributed by atoms with Crippen LogP contribution in [0.3, 0.4) is 0 Å². The SMILES string of the molecule is COC1(C)CCCN(C(=O)C2CCC(C(=O)O)C2)C1. The number of amides is 1. The van der Waals surface area contributed by atoms with Gasteiger partial charge in [0, 0.05) is 26.1 Å². The lowest BCUT2D eigenvalue weighted by Gasteiger charge is -2.40. The minimum absolute atomic E-state index is 0.111. The molecular weight excluding hydrogens is 246 g/mol. The van der Waals surface area contributed by atoms with Crippen molar-refractivity contribution < 1.29 is 19.4 Å². The molecule has 0 aromatic rings. The number of aliphatic carboxylic acids is 1. The first-order chi connectivity index (χ1) is 8.95. The maximum Gasteiger partial charge on any atom is 0.306 e. The average Bonchev–Trinajstić information content (AvgIpc) is 2.87. The molecule has 108 valence electrons. The number of carboxylic acid groups (broad SMARTS) is 1. The van der Waals surface area contributed by atoms with Crippen molar-refractivity contribution in [1.82, 2.24) is 4.90 Å². The fraction of sp³-hybridized carbons (Fsp3) is 0.857. The van der Waals surface area contributed by atoms with Crippen molar-refractivity contribution >= 4 is 11.9 Å². The number of nitrogens with zero attached hydrogens (tertiary/aromatic N) is 1. The summed E-state index contributed by atoms with van der Waals surface area (Å²) in [6, 6.07) is 0. The monoisotopic (exact) mass is 269 g/mol. The third kappa shape index (κ3) is 3.08. The third-order valence-electron chi connectivity index (χ3n) is 4.59. The van der Waals surface area contributed by atoms with Crippen molar-refractivity contribution in [3.8, 4) is 0 Å². The number of hydrogen-bond donors (Lipinski definition) is 1. The Balaban J connectivity index is 1.95. The van der Waals surface area contributed by atoms with Crippen LogP contribution in [0.25, 0.3) is 0 Å². The predicted molar refractivity (Wildman–Crippen MR) is 69.7 cm³/mol. The molecule has 1 heterocycles. The molecule has 1 aliphatic heterocycles. The van der Waals surface area contributed by atoms with E-state index in [1.165, 1.54) is 0 Å². The Kier molecular flexibility index (Phi) is 4.13. The number of carbonyl (C=O) groups excluding carboxylic acids is 1. The Labute approximate surface area is 113 Å². The van der Waals surface area contributed by atoms with Gasteiger partial charge in [0.2, 0.25) is 5.91 Å². The molecule has 5 heteroatoms. The molecule has 2 aliphatic rings. The van der Waals surface area contributed by atoms with Crippen molar-refractivity contribution in [2.45, 2.75) is 44.6 Å². The summed E-state index contributed by atoms with van der Waals surface area (Å²) in [5.74, 6) is -1.10. The number of hydrogen-bond acceptors (Lipinski definition) is 3. The second-order valence-corrected chi connectivity index (χ2v) is 6.06. The summed E-state index contributed by atoms with van der Waals surface area (Å²) >= 11 is 0. The maximum atomic E-state index is 12.4. The van der Waals surface area contributed by atoms with Gasteiger partial charge in [-0.1, -0.05) is 0 Å². The van der Waals surface area contributed by atoms with E-state index in [2.05, 4.69) is 0 Å². The number of rotatable bonds is 3. The fourth-order valence-electron chi connectivity index (χ4n) is 3.25. The van der Waals surface area contributed by atoms with Gasteiger partial charge < -0.3 is 14.7 Å². The van der Waals surface area contributed by atoms with Crippen LogP contribution in [0.2, 0.25) is 0 Å². The molecule has 2 fully saturated rings. The van der Waals surface area contributed by atoms with Crippen molar-refractivity contribution in [2.24, 2.45) is 11.8 Å². The summed E-state index contributed by atoms with van der Waals surface area (Å²) in [5, 5.41) is 9.00. The van der Waals surface area contributed by atoms with Crippen LogP contribution in [0.4, 0.5) is 0 Å². The van der Waals surface area contributed by atoms with Crippen molar-refractivity contribution in [3.05, 3.63) is 0 Å². The molecule has 0 spiro atoms. The van der Waals surface area contributed by atoms with Gasteiger partial charge in [-0.2, -0.15) is 0 Å². The molecule has 0 radical (unpaired) electrons. The largest absolute Gasteiger partial charge is 0.481 e. The van der Waals surface area contributed by atoms with Gasteiger partial charge in [-0.05, 0) is 39.0 Å². The van der Waals surface area contributed by atoms with Gasteiger partial charge in [0.05, 0.1) is 11.5 Å². The normalized spacial score (nSPS) is 35.4. The van der Waals surface area contributed by atoms with Gasteiger partial charge in [0.1, 0.15) is 0 Å². The van der Waals surface area contributed by atoms with E-state index in [0.29, 0.717) is 25.8 Å². The van der Waals surface area contributed by atoms with Crippen LogP contribution in [0.5, 0.6) is 0 Å². The van der Waals surface area contributed by atoms with Crippen molar-refractivity contribution in [3.63, 3.8) is 0 Å². The number of ether oxygens (including phenoxy) is 1. The number of piperidine rings is 1. The van der Waals surface area contributed by atoms with E-state index >= 15 is 0 Å². The van der Waals surface area contributed by atoms with E-state index in [0.717, 1.165) is 19.4 Å².